The monoisotopic (exact) mass is 367 g/mol. The molecular weight excluding hydrogens is 349 g/mol. The van der Waals surface area contributed by atoms with Gasteiger partial charge in [0.25, 0.3) is 0 Å². The first-order chi connectivity index (χ1) is 13.7. The van der Waals surface area contributed by atoms with Crippen LogP contribution in [0.1, 0.15) is 0 Å². The molecule has 0 aliphatic carbocycles. The molecule has 0 radical (unpaired) electrons. The highest BCUT2D eigenvalue weighted by Crippen LogP contribution is 2.32. The number of hydrogen-bond donors (Lipinski definition) is 2. The maximum Gasteiger partial charge on any atom is 0.489 e. The largest absolute Gasteiger partial charge is 0.489 e. The maximum atomic E-state index is 10.0. The van der Waals surface area contributed by atoms with Crippen LogP contribution in [0, 0.1) is 0 Å². The molecule has 0 saturated carbocycles. The van der Waals surface area contributed by atoms with E-state index in [1.807, 2.05) is 83.8 Å². The smallest absolute Gasteiger partial charge is 0.423 e. The third kappa shape index (κ3) is 3.64. The highest BCUT2D eigenvalue weighted by Gasteiger charge is 2.21. The molecule has 4 aromatic rings. The third-order valence-electron chi connectivity index (χ3n) is 4.41. The summed E-state index contributed by atoms with van der Waals surface area (Å²) in [6.07, 6.45) is 3.43. The molecule has 2 heterocycles. The van der Waals surface area contributed by atoms with Gasteiger partial charge in [0.1, 0.15) is 11.6 Å². The van der Waals surface area contributed by atoms with Gasteiger partial charge in [0.15, 0.2) is 0 Å². The second kappa shape index (κ2) is 8.04. The van der Waals surface area contributed by atoms with E-state index in [-0.39, 0.29) is 0 Å². The van der Waals surface area contributed by atoms with Crippen LogP contribution in [0.3, 0.4) is 0 Å². The van der Waals surface area contributed by atoms with Crippen LogP contribution in [0.15, 0.2) is 97.3 Å². The highest BCUT2D eigenvalue weighted by molar-refractivity contribution is 6.60. The molecule has 0 spiro atoms. The van der Waals surface area contributed by atoms with Crippen molar-refractivity contribution in [3.63, 3.8) is 0 Å². The summed E-state index contributed by atoms with van der Waals surface area (Å²) in [5.41, 5.74) is 2.83. The minimum absolute atomic E-state index is 0.417. The van der Waals surface area contributed by atoms with E-state index in [1.165, 1.54) is 0 Å². The third-order valence-corrected chi connectivity index (χ3v) is 4.41. The molecule has 0 aliphatic heterocycles. The lowest BCUT2D eigenvalue weighted by Crippen LogP contribution is -2.32. The molecule has 0 bridgehead atoms. The molecule has 2 aromatic heterocycles. The number of nitrogens with zero attached hydrogens (tertiary/aromatic N) is 3. The van der Waals surface area contributed by atoms with Crippen LogP contribution >= 0.6 is 0 Å². The summed E-state index contributed by atoms with van der Waals surface area (Å²) in [6, 6.07) is 26.5. The van der Waals surface area contributed by atoms with Crippen molar-refractivity contribution in [3.8, 4) is 11.1 Å². The van der Waals surface area contributed by atoms with Crippen molar-refractivity contribution >= 4 is 29.9 Å². The van der Waals surface area contributed by atoms with E-state index in [1.54, 1.807) is 18.5 Å². The summed E-state index contributed by atoms with van der Waals surface area (Å²) in [5, 5.41) is 20.0. The molecule has 2 N–H and O–H groups in total. The number of benzene rings is 2. The summed E-state index contributed by atoms with van der Waals surface area (Å²) in [4.78, 5) is 10.8. The van der Waals surface area contributed by atoms with Crippen molar-refractivity contribution in [1.29, 1.82) is 0 Å². The lowest BCUT2D eigenvalue weighted by Gasteiger charge is -2.24. The zero-order valence-electron chi connectivity index (χ0n) is 15.1. The molecule has 0 amide bonds. The Labute approximate surface area is 163 Å². The van der Waals surface area contributed by atoms with Gasteiger partial charge < -0.3 is 10.0 Å². The molecule has 0 fully saturated rings. The van der Waals surface area contributed by atoms with Crippen LogP contribution < -0.4 is 10.4 Å². The fourth-order valence-corrected chi connectivity index (χ4v) is 3.14. The minimum Gasteiger partial charge on any atom is -0.423 e. The Morgan fingerprint density at radius 1 is 0.679 bits per heavy atom. The Morgan fingerprint density at radius 3 is 1.82 bits per heavy atom. The van der Waals surface area contributed by atoms with E-state index >= 15 is 0 Å². The highest BCUT2D eigenvalue weighted by atomic mass is 16.4. The molecule has 136 valence electrons. The molecule has 0 unspecified atom stereocenters. The van der Waals surface area contributed by atoms with Crippen molar-refractivity contribution in [1.82, 2.24) is 9.97 Å². The van der Waals surface area contributed by atoms with Crippen LogP contribution in [0.4, 0.5) is 17.3 Å². The second-order valence-corrected chi connectivity index (χ2v) is 6.22. The predicted octanol–water partition coefficient (Wildman–Crippen LogP) is 3.29. The maximum absolute atomic E-state index is 10.0. The normalized spacial score (nSPS) is 10.5. The van der Waals surface area contributed by atoms with Crippen LogP contribution in [-0.2, 0) is 0 Å². The topological polar surface area (TPSA) is 69.5 Å². The Balaban J connectivity index is 1.87. The number of hydrogen-bond acceptors (Lipinski definition) is 5. The van der Waals surface area contributed by atoms with Crippen molar-refractivity contribution in [2.45, 2.75) is 0 Å². The zero-order chi connectivity index (χ0) is 19.3. The Kier molecular flexibility index (Phi) is 5.15. The van der Waals surface area contributed by atoms with Crippen molar-refractivity contribution in [2.75, 3.05) is 4.90 Å². The molecular formula is C22H18BN3O2. The molecule has 5 nitrogen and oxygen atoms in total. The first-order valence-corrected chi connectivity index (χ1v) is 8.92. The Hall–Kier alpha value is -3.48. The molecule has 0 aliphatic rings. The quantitative estimate of drug-likeness (QED) is 0.530. The van der Waals surface area contributed by atoms with E-state index in [0.717, 1.165) is 16.8 Å². The number of aromatic nitrogens is 2. The van der Waals surface area contributed by atoms with Gasteiger partial charge in [0.2, 0.25) is 0 Å². The lowest BCUT2D eigenvalue weighted by molar-refractivity contribution is 0.426. The van der Waals surface area contributed by atoms with Crippen LogP contribution in [0.25, 0.3) is 11.1 Å². The SMILES string of the molecule is OB(O)c1cc(N(c2ccccn2)c2ccccn2)ccc1-c1ccccc1. The van der Waals surface area contributed by atoms with E-state index in [4.69, 9.17) is 0 Å². The molecule has 6 heteroatoms. The minimum atomic E-state index is -1.61. The molecule has 28 heavy (non-hydrogen) atoms. The van der Waals surface area contributed by atoms with E-state index < -0.39 is 7.12 Å². The second-order valence-electron chi connectivity index (χ2n) is 6.22. The van der Waals surface area contributed by atoms with Crippen LogP contribution in [-0.4, -0.2) is 27.1 Å². The molecule has 0 saturated heterocycles. The fraction of sp³-hybridized carbons (Fsp3) is 0. The van der Waals surface area contributed by atoms with Crippen molar-refractivity contribution in [3.05, 3.63) is 97.3 Å². The number of rotatable bonds is 5. The molecule has 0 atom stereocenters. The summed E-state index contributed by atoms with van der Waals surface area (Å²) in [5.74, 6) is 1.37. The van der Waals surface area contributed by atoms with Gasteiger partial charge >= 0.3 is 7.12 Å². The van der Waals surface area contributed by atoms with Gasteiger partial charge in [0, 0.05) is 18.1 Å². The molecule has 4 rings (SSSR count). The average Bonchev–Trinajstić information content (AvgIpc) is 2.76. The van der Waals surface area contributed by atoms with Gasteiger partial charge in [-0.05, 0) is 53.0 Å². The van der Waals surface area contributed by atoms with Gasteiger partial charge in [-0.3, -0.25) is 4.90 Å². The summed E-state index contributed by atoms with van der Waals surface area (Å²) in [7, 11) is -1.61. The summed E-state index contributed by atoms with van der Waals surface area (Å²) in [6.45, 7) is 0. The number of pyridine rings is 2. The van der Waals surface area contributed by atoms with E-state index in [2.05, 4.69) is 9.97 Å². The van der Waals surface area contributed by atoms with Crippen molar-refractivity contribution in [2.24, 2.45) is 0 Å². The first kappa shape index (κ1) is 17.9. The van der Waals surface area contributed by atoms with Gasteiger partial charge in [-0.25, -0.2) is 9.97 Å². The van der Waals surface area contributed by atoms with Gasteiger partial charge in [-0.1, -0.05) is 48.5 Å². The van der Waals surface area contributed by atoms with E-state index in [0.29, 0.717) is 17.1 Å². The van der Waals surface area contributed by atoms with Crippen molar-refractivity contribution < 1.29 is 10.0 Å². The van der Waals surface area contributed by atoms with Gasteiger partial charge in [-0.15, -0.1) is 0 Å². The lowest BCUT2D eigenvalue weighted by atomic mass is 9.75. The van der Waals surface area contributed by atoms with Gasteiger partial charge in [0.05, 0.1) is 0 Å². The van der Waals surface area contributed by atoms with E-state index in [9.17, 15) is 10.0 Å². The Bertz CT molecular complexity index is 1010. The van der Waals surface area contributed by atoms with Crippen LogP contribution in [0.5, 0.6) is 0 Å². The van der Waals surface area contributed by atoms with Gasteiger partial charge in [-0.2, -0.15) is 0 Å². The first-order valence-electron chi connectivity index (χ1n) is 8.92. The van der Waals surface area contributed by atoms with Crippen LogP contribution in [0.2, 0.25) is 0 Å². The predicted molar refractivity (Wildman–Crippen MR) is 112 cm³/mol. The number of anilines is 3. The molecule has 2 aromatic carbocycles. The summed E-state index contributed by atoms with van der Waals surface area (Å²) < 4.78 is 0. The average molecular weight is 367 g/mol. The zero-order valence-corrected chi connectivity index (χ0v) is 15.1. The Morgan fingerprint density at radius 2 is 1.29 bits per heavy atom. The fourth-order valence-electron chi connectivity index (χ4n) is 3.14. The summed E-state index contributed by atoms with van der Waals surface area (Å²) >= 11 is 0. The standard InChI is InChI=1S/C22H18BN3O2/c27-23(28)20-16-18(12-13-19(20)17-8-2-1-3-9-17)26(21-10-4-6-14-24-21)22-11-5-7-15-25-22/h1-16,27-28H.